The fourth-order valence-electron chi connectivity index (χ4n) is 1.68. The van der Waals surface area contributed by atoms with Gasteiger partial charge < -0.3 is 5.32 Å². The Morgan fingerprint density at radius 2 is 2.12 bits per heavy atom. The molecule has 1 unspecified atom stereocenters. The molecule has 0 amide bonds. The van der Waals surface area contributed by atoms with Crippen LogP contribution >= 0.6 is 15.9 Å². The summed E-state index contributed by atoms with van der Waals surface area (Å²) in [4.78, 5) is 8.08. The van der Waals surface area contributed by atoms with Crippen LogP contribution in [0.2, 0.25) is 0 Å². The van der Waals surface area contributed by atoms with Crippen molar-refractivity contribution in [1.29, 1.82) is 0 Å². The molecule has 0 radical (unpaired) electrons. The molecule has 7 heteroatoms. The van der Waals surface area contributed by atoms with E-state index in [1.165, 1.54) is 6.33 Å². The van der Waals surface area contributed by atoms with Gasteiger partial charge in [-0.1, -0.05) is 12.1 Å². The zero-order chi connectivity index (χ0) is 12.3. The fraction of sp³-hybridized carbons (Fsp3) is 0.400. The smallest absolute Gasteiger partial charge is 0.153 e. The third kappa shape index (κ3) is 2.50. The molecular weight excluding hydrogens is 284 g/mol. The van der Waals surface area contributed by atoms with Crippen LogP contribution in [0.5, 0.6) is 0 Å². The van der Waals surface area contributed by atoms with Crippen molar-refractivity contribution in [2.24, 2.45) is 7.05 Å². The van der Waals surface area contributed by atoms with Gasteiger partial charge in [0.1, 0.15) is 6.33 Å². The van der Waals surface area contributed by atoms with Crippen molar-refractivity contribution in [3.05, 3.63) is 34.6 Å². The molecular formula is C10H13BrN6. The van der Waals surface area contributed by atoms with E-state index in [1.54, 1.807) is 17.1 Å². The number of hydrogen-bond acceptors (Lipinski definition) is 5. The summed E-state index contributed by atoms with van der Waals surface area (Å²) in [6.07, 6.45) is 5.10. The third-order valence-corrected chi connectivity index (χ3v) is 2.99. The SMILES string of the molecule is CCNC(c1cncnc1)c1c(Br)nnn1C. The molecule has 2 aromatic heterocycles. The predicted molar refractivity (Wildman–Crippen MR) is 66.3 cm³/mol. The highest BCUT2D eigenvalue weighted by atomic mass is 79.9. The highest BCUT2D eigenvalue weighted by molar-refractivity contribution is 9.10. The molecule has 0 spiro atoms. The largest absolute Gasteiger partial charge is 0.305 e. The average Bonchev–Trinajstić information content (AvgIpc) is 2.68. The second-order valence-corrected chi connectivity index (χ2v) is 4.30. The maximum Gasteiger partial charge on any atom is 0.153 e. The minimum atomic E-state index is -0.0180. The normalized spacial score (nSPS) is 12.6. The van der Waals surface area contributed by atoms with Gasteiger partial charge in [0.2, 0.25) is 0 Å². The van der Waals surface area contributed by atoms with E-state index in [0.717, 1.165) is 22.4 Å². The number of rotatable bonds is 4. The van der Waals surface area contributed by atoms with Gasteiger partial charge in [-0.2, -0.15) is 0 Å². The standard InChI is InChI=1S/C10H13BrN6/c1-3-14-8(7-4-12-6-13-5-7)9-10(11)15-16-17(9)2/h4-6,8,14H,3H2,1-2H3. The number of aryl methyl sites for hydroxylation is 1. The van der Waals surface area contributed by atoms with Crippen LogP contribution in [-0.2, 0) is 7.05 Å². The van der Waals surface area contributed by atoms with Crippen LogP contribution < -0.4 is 5.32 Å². The van der Waals surface area contributed by atoms with Gasteiger partial charge >= 0.3 is 0 Å². The lowest BCUT2D eigenvalue weighted by Crippen LogP contribution is -2.24. The predicted octanol–water partition coefficient (Wildman–Crippen LogP) is 1.07. The van der Waals surface area contributed by atoms with E-state index in [2.05, 4.69) is 48.5 Å². The minimum Gasteiger partial charge on any atom is -0.305 e. The summed E-state index contributed by atoms with van der Waals surface area (Å²) in [6.45, 7) is 2.88. The molecule has 0 bridgehead atoms. The van der Waals surface area contributed by atoms with Crippen molar-refractivity contribution in [3.63, 3.8) is 0 Å². The van der Waals surface area contributed by atoms with Crippen molar-refractivity contribution in [1.82, 2.24) is 30.3 Å². The lowest BCUT2D eigenvalue weighted by molar-refractivity contribution is 0.564. The quantitative estimate of drug-likeness (QED) is 0.914. The van der Waals surface area contributed by atoms with Gasteiger partial charge in [0.15, 0.2) is 4.60 Å². The molecule has 6 nitrogen and oxygen atoms in total. The molecule has 17 heavy (non-hydrogen) atoms. The van der Waals surface area contributed by atoms with E-state index in [1.807, 2.05) is 7.05 Å². The number of hydrogen-bond donors (Lipinski definition) is 1. The van der Waals surface area contributed by atoms with Crippen LogP contribution in [0.15, 0.2) is 23.3 Å². The van der Waals surface area contributed by atoms with Gasteiger partial charge in [0.05, 0.1) is 11.7 Å². The van der Waals surface area contributed by atoms with Gasteiger partial charge in [-0.25, -0.2) is 14.6 Å². The summed E-state index contributed by atoms with van der Waals surface area (Å²) in [7, 11) is 1.86. The monoisotopic (exact) mass is 296 g/mol. The minimum absolute atomic E-state index is 0.0180. The van der Waals surface area contributed by atoms with Crippen molar-refractivity contribution >= 4 is 15.9 Å². The zero-order valence-corrected chi connectivity index (χ0v) is 11.2. The summed E-state index contributed by atoms with van der Waals surface area (Å²) in [5, 5.41) is 11.3. The summed E-state index contributed by atoms with van der Waals surface area (Å²) < 4.78 is 2.47. The molecule has 0 aromatic carbocycles. The number of halogens is 1. The Morgan fingerprint density at radius 3 is 2.65 bits per heavy atom. The molecule has 2 rings (SSSR count). The first-order valence-electron chi connectivity index (χ1n) is 5.27. The number of nitrogens with one attached hydrogen (secondary N) is 1. The third-order valence-electron chi connectivity index (χ3n) is 2.42. The molecule has 0 aliphatic rings. The van der Waals surface area contributed by atoms with Crippen LogP contribution in [-0.4, -0.2) is 31.5 Å². The highest BCUT2D eigenvalue weighted by Gasteiger charge is 2.21. The molecule has 2 heterocycles. The van der Waals surface area contributed by atoms with Crippen molar-refractivity contribution in [2.45, 2.75) is 13.0 Å². The number of aromatic nitrogens is 5. The lowest BCUT2D eigenvalue weighted by atomic mass is 10.1. The molecule has 0 fully saturated rings. The van der Waals surface area contributed by atoms with Crippen molar-refractivity contribution < 1.29 is 0 Å². The molecule has 2 aromatic rings. The second-order valence-electron chi connectivity index (χ2n) is 3.55. The van der Waals surface area contributed by atoms with Crippen LogP contribution in [0.3, 0.4) is 0 Å². The van der Waals surface area contributed by atoms with E-state index < -0.39 is 0 Å². The average molecular weight is 297 g/mol. The maximum atomic E-state index is 4.04. The lowest BCUT2D eigenvalue weighted by Gasteiger charge is -2.17. The molecule has 0 saturated heterocycles. The van der Waals surface area contributed by atoms with E-state index >= 15 is 0 Å². The molecule has 1 N–H and O–H groups in total. The van der Waals surface area contributed by atoms with Crippen LogP contribution in [0.4, 0.5) is 0 Å². The van der Waals surface area contributed by atoms with Gasteiger partial charge in [0.25, 0.3) is 0 Å². The molecule has 0 saturated carbocycles. The Morgan fingerprint density at radius 1 is 1.41 bits per heavy atom. The summed E-state index contributed by atoms with van der Waals surface area (Å²) >= 11 is 3.41. The number of nitrogens with zero attached hydrogens (tertiary/aromatic N) is 5. The first-order chi connectivity index (χ1) is 8.24. The van der Waals surface area contributed by atoms with Crippen LogP contribution in [0.25, 0.3) is 0 Å². The Kier molecular flexibility index (Phi) is 3.80. The Bertz CT molecular complexity index is 463. The van der Waals surface area contributed by atoms with Gasteiger partial charge in [-0.05, 0) is 22.5 Å². The second kappa shape index (κ2) is 5.33. The Balaban J connectivity index is 2.43. The zero-order valence-electron chi connectivity index (χ0n) is 9.63. The summed E-state index contributed by atoms with van der Waals surface area (Å²) in [5.74, 6) is 0. The topological polar surface area (TPSA) is 68.5 Å². The van der Waals surface area contributed by atoms with Crippen LogP contribution in [0.1, 0.15) is 24.2 Å². The first-order valence-corrected chi connectivity index (χ1v) is 6.06. The van der Waals surface area contributed by atoms with E-state index in [-0.39, 0.29) is 6.04 Å². The summed E-state index contributed by atoms with van der Waals surface area (Å²) in [6, 6.07) is -0.0180. The molecule has 0 aliphatic heterocycles. The maximum absolute atomic E-state index is 4.04. The van der Waals surface area contributed by atoms with E-state index in [4.69, 9.17) is 0 Å². The van der Waals surface area contributed by atoms with Gasteiger partial charge in [0, 0.05) is 25.0 Å². The van der Waals surface area contributed by atoms with E-state index in [9.17, 15) is 0 Å². The first kappa shape index (κ1) is 12.1. The highest BCUT2D eigenvalue weighted by Crippen LogP contribution is 2.25. The molecule has 90 valence electrons. The summed E-state index contributed by atoms with van der Waals surface area (Å²) in [5.41, 5.74) is 1.95. The Labute approximate surface area is 108 Å². The van der Waals surface area contributed by atoms with E-state index in [0.29, 0.717) is 0 Å². The van der Waals surface area contributed by atoms with Crippen molar-refractivity contribution in [3.8, 4) is 0 Å². The van der Waals surface area contributed by atoms with Gasteiger partial charge in [-0.15, -0.1) is 5.10 Å². The van der Waals surface area contributed by atoms with Gasteiger partial charge in [-0.3, -0.25) is 0 Å². The van der Waals surface area contributed by atoms with Crippen LogP contribution in [0, 0.1) is 0 Å². The van der Waals surface area contributed by atoms with Crippen molar-refractivity contribution in [2.75, 3.05) is 6.54 Å². The Hall–Kier alpha value is -1.34. The molecule has 0 aliphatic carbocycles. The molecule has 1 atom stereocenters. The fourth-order valence-corrected chi connectivity index (χ4v) is 2.24.